The van der Waals surface area contributed by atoms with Crippen LogP contribution in [0.15, 0.2) is 16.6 Å². The van der Waals surface area contributed by atoms with Crippen molar-refractivity contribution in [2.75, 3.05) is 20.3 Å². The SMILES string of the molecule is COc1cc(CNCC(C)C)c(Br)cc1OCC(=O)NC(C)(C)C. The summed E-state index contributed by atoms with van der Waals surface area (Å²) < 4.78 is 11.9. The molecule has 1 aromatic rings. The molecule has 0 atom stereocenters. The van der Waals surface area contributed by atoms with Crippen LogP contribution < -0.4 is 20.1 Å². The maximum atomic E-state index is 11.9. The molecule has 0 aliphatic rings. The molecule has 1 aromatic carbocycles. The molecule has 0 saturated carbocycles. The minimum atomic E-state index is -0.281. The Morgan fingerprint density at radius 1 is 1.25 bits per heavy atom. The minimum absolute atomic E-state index is 0.0506. The largest absolute Gasteiger partial charge is 0.493 e. The zero-order chi connectivity index (χ0) is 18.3. The normalized spacial score (nSPS) is 11.5. The maximum absolute atomic E-state index is 11.9. The van der Waals surface area contributed by atoms with Crippen molar-refractivity contribution < 1.29 is 14.3 Å². The number of nitrogens with one attached hydrogen (secondary N) is 2. The molecule has 1 amide bonds. The standard InChI is InChI=1S/C18H29BrN2O3/c1-12(2)9-20-10-13-7-15(23-6)16(8-14(13)19)24-11-17(22)21-18(3,4)5/h7-8,12,20H,9-11H2,1-6H3,(H,21,22). The minimum Gasteiger partial charge on any atom is -0.493 e. The van der Waals surface area contributed by atoms with Crippen LogP contribution in [-0.2, 0) is 11.3 Å². The van der Waals surface area contributed by atoms with Crippen LogP contribution in [0.25, 0.3) is 0 Å². The number of hydrogen-bond donors (Lipinski definition) is 2. The Labute approximate surface area is 153 Å². The van der Waals surface area contributed by atoms with Crippen LogP contribution in [0.2, 0.25) is 0 Å². The summed E-state index contributed by atoms with van der Waals surface area (Å²) in [5, 5.41) is 6.26. The summed E-state index contributed by atoms with van der Waals surface area (Å²) in [6.45, 7) is 11.8. The monoisotopic (exact) mass is 400 g/mol. The van der Waals surface area contributed by atoms with Gasteiger partial charge in [0, 0.05) is 16.6 Å². The number of halogens is 1. The van der Waals surface area contributed by atoms with Gasteiger partial charge >= 0.3 is 0 Å². The Morgan fingerprint density at radius 2 is 1.92 bits per heavy atom. The number of hydrogen-bond acceptors (Lipinski definition) is 4. The molecule has 2 N–H and O–H groups in total. The Morgan fingerprint density at radius 3 is 2.46 bits per heavy atom. The molecule has 0 heterocycles. The smallest absolute Gasteiger partial charge is 0.258 e. The van der Waals surface area contributed by atoms with Crippen molar-refractivity contribution in [3.05, 3.63) is 22.2 Å². The lowest BCUT2D eigenvalue weighted by atomic mass is 10.1. The number of carbonyl (C=O) groups is 1. The third kappa shape index (κ3) is 7.53. The average molecular weight is 401 g/mol. The molecule has 1 rings (SSSR count). The number of carbonyl (C=O) groups excluding carboxylic acids is 1. The van der Waals surface area contributed by atoms with E-state index in [9.17, 15) is 4.79 Å². The van der Waals surface area contributed by atoms with E-state index in [1.807, 2.05) is 32.9 Å². The highest BCUT2D eigenvalue weighted by Gasteiger charge is 2.16. The van der Waals surface area contributed by atoms with Gasteiger partial charge in [0.2, 0.25) is 0 Å². The Balaban J connectivity index is 2.74. The van der Waals surface area contributed by atoms with E-state index in [0.717, 1.165) is 23.1 Å². The third-order valence-electron chi connectivity index (χ3n) is 3.07. The van der Waals surface area contributed by atoms with Gasteiger partial charge in [0.1, 0.15) is 0 Å². The molecule has 0 unspecified atom stereocenters. The number of rotatable bonds is 8. The van der Waals surface area contributed by atoms with E-state index in [0.29, 0.717) is 17.4 Å². The van der Waals surface area contributed by atoms with Gasteiger partial charge in [-0.3, -0.25) is 4.79 Å². The summed E-state index contributed by atoms with van der Waals surface area (Å²) in [6, 6.07) is 3.77. The summed E-state index contributed by atoms with van der Waals surface area (Å²) in [4.78, 5) is 11.9. The van der Waals surface area contributed by atoms with Crippen LogP contribution in [0.1, 0.15) is 40.2 Å². The fourth-order valence-electron chi connectivity index (χ4n) is 2.08. The van der Waals surface area contributed by atoms with Crippen molar-refractivity contribution in [1.82, 2.24) is 10.6 Å². The van der Waals surface area contributed by atoms with E-state index >= 15 is 0 Å². The number of benzene rings is 1. The Bertz CT molecular complexity index is 554. The average Bonchev–Trinajstić information content (AvgIpc) is 2.44. The lowest BCUT2D eigenvalue weighted by Gasteiger charge is -2.21. The molecular weight excluding hydrogens is 372 g/mol. The maximum Gasteiger partial charge on any atom is 0.258 e. The van der Waals surface area contributed by atoms with Crippen LogP contribution in [-0.4, -0.2) is 31.7 Å². The van der Waals surface area contributed by atoms with Gasteiger partial charge in [-0.15, -0.1) is 0 Å². The highest BCUT2D eigenvalue weighted by molar-refractivity contribution is 9.10. The van der Waals surface area contributed by atoms with Crippen molar-refractivity contribution in [1.29, 1.82) is 0 Å². The van der Waals surface area contributed by atoms with Crippen molar-refractivity contribution in [2.24, 2.45) is 5.92 Å². The van der Waals surface area contributed by atoms with Gasteiger partial charge < -0.3 is 20.1 Å². The molecule has 0 aromatic heterocycles. The summed E-state index contributed by atoms with van der Waals surface area (Å²) in [5.74, 6) is 1.59. The molecule has 0 spiro atoms. The van der Waals surface area contributed by atoms with Gasteiger partial charge in [0.15, 0.2) is 18.1 Å². The van der Waals surface area contributed by atoms with E-state index < -0.39 is 0 Å². The summed E-state index contributed by atoms with van der Waals surface area (Å²) in [5.41, 5.74) is 0.802. The molecule has 6 heteroatoms. The topological polar surface area (TPSA) is 59.6 Å². The molecule has 5 nitrogen and oxygen atoms in total. The van der Waals surface area contributed by atoms with E-state index in [1.165, 1.54) is 0 Å². The van der Waals surface area contributed by atoms with E-state index in [-0.39, 0.29) is 18.1 Å². The zero-order valence-corrected chi connectivity index (χ0v) is 17.0. The molecular formula is C18H29BrN2O3. The van der Waals surface area contributed by atoms with Crippen LogP contribution in [0.3, 0.4) is 0 Å². The molecule has 0 aliphatic carbocycles. The predicted octanol–water partition coefficient (Wildman–Crippen LogP) is 3.50. The highest BCUT2D eigenvalue weighted by atomic mass is 79.9. The number of ether oxygens (including phenoxy) is 2. The fourth-order valence-corrected chi connectivity index (χ4v) is 2.54. The lowest BCUT2D eigenvalue weighted by molar-refractivity contribution is -0.124. The van der Waals surface area contributed by atoms with Gasteiger partial charge in [0.25, 0.3) is 5.91 Å². The second kappa shape index (κ2) is 9.28. The summed E-state index contributed by atoms with van der Waals surface area (Å²) in [6.07, 6.45) is 0. The highest BCUT2D eigenvalue weighted by Crippen LogP contribution is 2.33. The lowest BCUT2D eigenvalue weighted by Crippen LogP contribution is -2.43. The first kappa shape index (κ1) is 20.8. The van der Waals surface area contributed by atoms with Crippen LogP contribution in [0.5, 0.6) is 11.5 Å². The van der Waals surface area contributed by atoms with E-state index in [1.54, 1.807) is 7.11 Å². The second-order valence-electron chi connectivity index (χ2n) is 7.21. The van der Waals surface area contributed by atoms with Crippen LogP contribution in [0.4, 0.5) is 0 Å². The molecule has 0 bridgehead atoms. The van der Waals surface area contributed by atoms with Gasteiger partial charge in [0.05, 0.1) is 7.11 Å². The Hall–Kier alpha value is -1.27. The summed E-state index contributed by atoms with van der Waals surface area (Å²) in [7, 11) is 1.59. The number of amides is 1. The predicted molar refractivity (Wildman–Crippen MR) is 101 cm³/mol. The summed E-state index contributed by atoms with van der Waals surface area (Å²) >= 11 is 3.56. The quantitative estimate of drug-likeness (QED) is 0.700. The first-order chi connectivity index (χ1) is 11.1. The Kier molecular flexibility index (Phi) is 8.03. The third-order valence-corrected chi connectivity index (χ3v) is 3.81. The van der Waals surface area contributed by atoms with Gasteiger partial charge in [-0.1, -0.05) is 29.8 Å². The molecule has 136 valence electrons. The van der Waals surface area contributed by atoms with Gasteiger partial charge in [-0.25, -0.2) is 0 Å². The first-order valence-electron chi connectivity index (χ1n) is 8.13. The second-order valence-corrected chi connectivity index (χ2v) is 8.06. The molecule has 0 saturated heterocycles. The molecule has 0 radical (unpaired) electrons. The van der Waals surface area contributed by atoms with Crippen molar-refractivity contribution >= 4 is 21.8 Å². The van der Waals surface area contributed by atoms with Crippen molar-refractivity contribution in [2.45, 2.75) is 46.7 Å². The molecule has 24 heavy (non-hydrogen) atoms. The van der Waals surface area contributed by atoms with E-state index in [4.69, 9.17) is 9.47 Å². The van der Waals surface area contributed by atoms with Gasteiger partial charge in [-0.2, -0.15) is 0 Å². The van der Waals surface area contributed by atoms with Crippen LogP contribution >= 0.6 is 15.9 Å². The molecule has 0 fully saturated rings. The molecule has 0 aliphatic heterocycles. The first-order valence-corrected chi connectivity index (χ1v) is 8.92. The van der Waals surface area contributed by atoms with Crippen molar-refractivity contribution in [3.63, 3.8) is 0 Å². The zero-order valence-electron chi connectivity index (χ0n) is 15.5. The van der Waals surface area contributed by atoms with E-state index in [2.05, 4.69) is 40.4 Å². The van der Waals surface area contributed by atoms with Crippen LogP contribution in [0, 0.1) is 5.92 Å². The fraction of sp³-hybridized carbons (Fsp3) is 0.611. The number of methoxy groups -OCH3 is 1. The van der Waals surface area contributed by atoms with Gasteiger partial charge in [-0.05, 0) is 50.9 Å². The van der Waals surface area contributed by atoms with Crippen molar-refractivity contribution in [3.8, 4) is 11.5 Å².